The van der Waals surface area contributed by atoms with Gasteiger partial charge in [0, 0.05) is 24.2 Å². The van der Waals surface area contributed by atoms with Crippen LogP contribution in [0.2, 0.25) is 5.02 Å². The number of rotatable bonds is 7. The van der Waals surface area contributed by atoms with Gasteiger partial charge in [0.2, 0.25) is 0 Å². The minimum atomic E-state index is -0.413. The van der Waals surface area contributed by atoms with Gasteiger partial charge < -0.3 is 15.4 Å². The highest BCUT2D eigenvalue weighted by molar-refractivity contribution is 6.31. The number of ether oxygens (including phenoxy) is 1. The van der Waals surface area contributed by atoms with E-state index in [9.17, 15) is 10.1 Å². The summed E-state index contributed by atoms with van der Waals surface area (Å²) >= 11 is 5.87. The fourth-order valence-electron chi connectivity index (χ4n) is 2.32. The average molecular weight is 314 g/mol. The molecule has 1 fully saturated rings. The van der Waals surface area contributed by atoms with Crippen molar-refractivity contribution in [3.05, 3.63) is 33.3 Å². The van der Waals surface area contributed by atoms with Crippen molar-refractivity contribution >= 4 is 23.0 Å². The van der Waals surface area contributed by atoms with Crippen molar-refractivity contribution < 1.29 is 9.66 Å². The Hall–Kier alpha value is -1.37. The van der Waals surface area contributed by atoms with Gasteiger partial charge in [-0.15, -0.1) is 0 Å². The number of nitrogens with one attached hydrogen (secondary N) is 2. The van der Waals surface area contributed by atoms with Gasteiger partial charge in [0.1, 0.15) is 5.69 Å². The predicted molar refractivity (Wildman–Crippen MR) is 83.1 cm³/mol. The van der Waals surface area contributed by atoms with E-state index >= 15 is 0 Å². The number of benzene rings is 1. The normalized spacial score (nSPS) is 15.9. The van der Waals surface area contributed by atoms with E-state index in [1.54, 1.807) is 6.07 Å². The molecule has 2 rings (SSSR count). The third kappa shape index (κ3) is 5.15. The number of nitro groups is 1. The molecule has 0 bridgehead atoms. The first-order valence-electron chi connectivity index (χ1n) is 7.17. The highest BCUT2D eigenvalue weighted by atomic mass is 35.5. The number of nitro benzene ring substituents is 1. The first kappa shape index (κ1) is 16.0. The van der Waals surface area contributed by atoms with Gasteiger partial charge in [-0.2, -0.15) is 0 Å². The minimum absolute atomic E-state index is 0.0404. The second kappa shape index (κ2) is 8.17. The molecule has 0 saturated carbocycles. The average Bonchev–Trinajstić information content (AvgIpc) is 2.48. The van der Waals surface area contributed by atoms with Crippen molar-refractivity contribution in [3.8, 4) is 0 Å². The summed E-state index contributed by atoms with van der Waals surface area (Å²) in [4.78, 5) is 10.5. The van der Waals surface area contributed by atoms with Crippen molar-refractivity contribution in [2.24, 2.45) is 0 Å². The number of hydrogen-bond acceptors (Lipinski definition) is 5. The molecule has 7 heteroatoms. The quantitative estimate of drug-likeness (QED) is 0.460. The Bertz CT molecular complexity index is 479. The van der Waals surface area contributed by atoms with E-state index in [0.717, 1.165) is 32.4 Å². The lowest BCUT2D eigenvalue weighted by molar-refractivity contribution is -0.384. The van der Waals surface area contributed by atoms with Crippen molar-refractivity contribution in [1.29, 1.82) is 0 Å². The van der Waals surface area contributed by atoms with Crippen LogP contribution in [-0.2, 0) is 4.74 Å². The Labute approximate surface area is 129 Å². The largest absolute Gasteiger partial charge is 0.379 e. The Morgan fingerprint density at radius 3 is 2.90 bits per heavy atom. The summed E-state index contributed by atoms with van der Waals surface area (Å²) in [5.74, 6) is 0. The Balaban J connectivity index is 1.73. The van der Waals surface area contributed by atoms with Gasteiger partial charge in [-0.25, -0.2) is 0 Å². The highest BCUT2D eigenvalue weighted by Gasteiger charge is 2.14. The third-order valence-electron chi connectivity index (χ3n) is 3.43. The van der Waals surface area contributed by atoms with Gasteiger partial charge in [0.15, 0.2) is 0 Å². The van der Waals surface area contributed by atoms with Gasteiger partial charge >= 0.3 is 0 Å². The van der Waals surface area contributed by atoms with Crippen molar-refractivity contribution in [1.82, 2.24) is 5.32 Å². The summed E-state index contributed by atoms with van der Waals surface area (Å²) in [5.41, 5.74) is 0.494. The number of halogens is 1. The van der Waals surface area contributed by atoms with Crippen LogP contribution in [-0.4, -0.2) is 37.3 Å². The fourth-order valence-corrected chi connectivity index (χ4v) is 2.49. The molecule has 1 aromatic carbocycles. The molecule has 2 N–H and O–H groups in total. The topological polar surface area (TPSA) is 76.4 Å². The molecule has 116 valence electrons. The predicted octanol–water partition coefficient (Wildman–Crippen LogP) is 2.82. The smallest absolute Gasteiger partial charge is 0.292 e. The maximum absolute atomic E-state index is 10.9. The Morgan fingerprint density at radius 1 is 1.43 bits per heavy atom. The maximum atomic E-state index is 10.9. The molecule has 0 radical (unpaired) electrons. The number of hydrogen-bond donors (Lipinski definition) is 2. The summed E-state index contributed by atoms with van der Waals surface area (Å²) in [6.07, 6.45) is 3.24. The van der Waals surface area contributed by atoms with E-state index in [1.807, 2.05) is 0 Å². The lowest BCUT2D eigenvalue weighted by Gasteiger charge is -2.22. The van der Waals surface area contributed by atoms with Crippen LogP contribution in [0.15, 0.2) is 18.2 Å². The monoisotopic (exact) mass is 313 g/mol. The summed E-state index contributed by atoms with van der Waals surface area (Å²) in [5, 5.41) is 17.7. The Morgan fingerprint density at radius 2 is 2.19 bits per heavy atom. The standard InChI is InChI=1S/C14H20ClN3O3/c15-11-2-3-14(18(19)20)13(10-11)17-6-1-9-21-12-4-7-16-8-5-12/h2-3,10,12,16-17H,1,4-9H2. The summed E-state index contributed by atoms with van der Waals surface area (Å²) in [6.45, 7) is 3.30. The van der Waals surface area contributed by atoms with Crippen LogP contribution in [0, 0.1) is 10.1 Å². The van der Waals surface area contributed by atoms with Crippen LogP contribution < -0.4 is 10.6 Å². The molecule has 1 aromatic rings. The number of piperidine rings is 1. The van der Waals surface area contributed by atoms with Crippen LogP contribution in [0.4, 0.5) is 11.4 Å². The zero-order chi connectivity index (χ0) is 15.1. The third-order valence-corrected chi connectivity index (χ3v) is 3.67. The minimum Gasteiger partial charge on any atom is -0.379 e. The van der Waals surface area contributed by atoms with Gasteiger partial charge in [-0.05, 0) is 44.5 Å². The molecule has 1 aliphatic heterocycles. The highest BCUT2D eigenvalue weighted by Crippen LogP contribution is 2.27. The summed E-state index contributed by atoms with van der Waals surface area (Å²) in [6, 6.07) is 4.51. The van der Waals surface area contributed by atoms with Crippen molar-refractivity contribution in [2.45, 2.75) is 25.4 Å². The molecule has 0 unspecified atom stereocenters. The van der Waals surface area contributed by atoms with Crippen molar-refractivity contribution in [3.63, 3.8) is 0 Å². The lowest BCUT2D eigenvalue weighted by atomic mass is 10.1. The van der Waals surface area contributed by atoms with E-state index in [0.29, 0.717) is 30.0 Å². The van der Waals surface area contributed by atoms with Gasteiger partial charge in [-0.1, -0.05) is 11.6 Å². The molecule has 21 heavy (non-hydrogen) atoms. The molecule has 0 aliphatic carbocycles. The molecular weight excluding hydrogens is 294 g/mol. The van der Waals surface area contributed by atoms with Crippen LogP contribution >= 0.6 is 11.6 Å². The van der Waals surface area contributed by atoms with Gasteiger partial charge in [0.05, 0.1) is 11.0 Å². The zero-order valence-electron chi connectivity index (χ0n) is 11.8. The first-order chi connectivity index (χ1) is 10.2. The van der Waals surface area contributed by atoms with Crippen LogP contribution in [0.25, 0.3) is 0 Å². The Kier molecular flexibility index (Phi) is 6.22. The van der Waals surface area contributed by atoms with E-state index in [-0.39, 0.29) is 5.69 Å². The van der Waals surface area contributed by atoms with E-state index in [4.69, 9.17) is 16.3 Å². The van der Waals surface area contributed by atoms with Crippen molar-refractivity contribution in [2.75, 3.05) is 31.6 Å². The molecule has 0 atom stereocenters. The summed E-state index contributed by atoms with van der Waals surface area (Å²) in [7, 11) is 0. The van der Waals surface area contributed by atoms with Crippen LogP contribution in [0.3, 0.4) is 0 Å². The molecule has 1 saturated heterocycles. The van der Waals surface area contributed by atoms with Gasteiger partial charge in [-0.3, -0.25) is 10.1 Å². The SMILES string of the molecule is O=[N+]([O-])c1ccc(Cl)cc1NCCCOC1CCNCC1. The number of nitrogens with zero attached hydrogens (tertiary/aromatic N) is 1. The second-order valence-electron chi connectivity index (χ2n) is 5.02. The first-order valence-corrected chi connectivity index (χ1v) is 7.55. The molecule has 1 heterocycles. The summed E-state index contributed by atoms with van der Waals surface area (Å²) < 4.78 is 5.78. The van der Waals surface area contributed by atoms with Gasteiger partial charge in [0.25, 0.3) is 5.69 Å². The molecule has 0 aromatic heterocycles. The molecule has 0 amide bonds. The lowest BCUT2D eigenvalue weighted by Crippen LogP contribution is -2.32. The van der Waals surface area contributed by atoms with E-state index < -0.39 is 4.92 Å². The molecule has 0 spiro atoms. The zero-order valence-corrected chi connectivity index (χ0v) is 12.6. The molecule has 1 aliphatic rings. The van der Waals surface area contributed by atoms with E-state index in [2.05, 4.69) is 10.6 Å². The number of anilines is 1. The molecule has 6 nitrogen and oxygen atoms in total. The second-order valence-corrected chi connectivity index (χ2v) is 5.46. The fraction of sp³-hybridized carbons (Fsp3) is 0.571. The molecular formula is C14H20ClN3O3. The maximum Gasteiger partial charge on any atom is 0.292 e. The van der Waals surface area contributed by atoms with Crippen LogP contribution in [0.1, 0.15) is 19.3 Å². The van der Waals surface area contributed by atoms with Crippen LogP contribution in [0.5, 0.6) is 0 Å². The van der Waals surface area contributed by atoms with E-state index in [1.165, 1.54) is 12.1 Å².